The van der Waals surface area contributed by atoms with Gasteiger partial charge in [-0.3, -0.25) is 38.4 Å². The molecular formula is C53H95N5O14. The van der Waals surface area contributed by atoms with Gasteiger partial charge in [0.2, 0.25) is 29.5 Å². The van der Waals surface area contributed by atoms with E-state index in [0.717, 1.165) is 57.8 Å². The Labute approximate surface area is 430 Å². The van der Waals surface area contributed by atoms with Crippen molar-refractivity contribution < 1.29 is 67.5 Å². The predicted octanol–water partition coefficient (Wildman–Crippen LogP) is 6.18. The molecule has 72 heavy (non-hydrogen) atoms. The van der Waals surface area contributed by atoms with Gasteiger partial charge in [-0.15, -0.1) is 0 Å². The summed E-state index contributed by atoms with van der Waals surface area (Å²) in [5.41, 5.74) is -0.451. The topological polar surface area (TPSA) is 274 Å². The van der Waals surface area contributed by atoms with Crippen LogP contribution in [-0.4, -0.2) is 143 Å². The minimum absolute atomic E-state index is 0.0104. The van der Waals surface area contributed by atoms with Gasteiger partial charge >= 0.3 is 11.9 Å². The fourth-order valence-electron chi connectivity index (χ4n) is 8.09. The molecule has 0 spiro atoms. The van der Waals surface area contributed by atoms with E-state index < -0.39 is 35.2 Å². The van der Waals surface area contributed by atoms with Crippen molar-refractivity contribution >= 4 is 47.3 Å². The van der Waals surface area contributed by atoms with Crippen LogP contribution >= 0.6 is 0 Å². The van der Waals surface area contributed by atoms with Gasteiger partial charge in [0.1, 0.15) is 19.3 Å². The number of nitrogens with one attached hydrogen (secondary N) is 5. The highest BCUT2D eigenvalue weighted by molar-refractivity contribution is 5.88. The fourth-order valence-corrected chi connectivity index (χ4v) is 8.09. The molecule has 0 bridgehead atoms. The summed E-state index contributed by atoms with van der Waals surface area (Å²) < 4.78 is 21.4. The maximum absolute atomic E-state index is 12.9. The van der Waals surface area contributed by atoms with Gasteiger partial charge < -0.3 is 55.7 Å². The number of Topliss-reactive ketones (excluding diaryl/α,β-unsaturated/α-hetero) is 1. The Bertz CT molecular complexity index is 1520. The number of ether oxygens (including phenoxy) is 4. The van der Waals surface area contributed by atoms with Crippen LogP contribution in [-0.2, 0) is 57.3 Å². The van der Waals surface area contributed by atoms with Gasteiger partial charge in [-0.25, -0.2) is 0 Å². The van der Waals surface area contributed by atoms with E-state index in [1.165, 1.54) is 70.6 Å². The molecule has 416 valence electrons. The molecule has 1 unspecified atom stereocenters. The number of carboxylic acids is 2. The minimum atomic E-state index is -1.10. The van der Waals surface area contributed by atoms with Crippen LogP contribution in [0.2, 0.25) is 0 Å². The van der Waals surface area contributed by atoms with Gasteiger partial charge in [-0.05, 0) is 57.3 Å². The molecule has 19 heteroatoms. The minimum Gasteiger partial charge on any atom is -0.481 e. The maximum atomic E-state index is 12.9. The Morgan fingerprint density at radius 2 is 0.944 bits per heavy atom. The molecular weight excluding hydrogens is 931 g/mol. The summed E-state index contributed by atoms with van der Waals surface area (Å²) in [6.45, 7) is 7.93. The van der Waals surface area contributed by atoms with E-state index in [2.05, 4.69) is 26.6 Å². The Balaban J connectivity index is 2.07. The Kier molecular flexibility index (Phi) is 39.5. The first kappa shape index (κ1) is 65.8. The number of ketones is 1. The molecule has 0 heterocycles. The number of carboxylic acid groups (broad SMARTS) is 2. The number of hydrogen-bond acceptors (Lipinski definition) is 12. The second kappa shape index (κ2) is 43.2. The molecule has 1 aliphatic carbocycles. The first-order chi connectivity index (χ1) is 34.6. The third kappa shape index (κ3) is 39.3. The Morgan fingerprint density at radius 3 is 1.47 bits per heavy atom. The summed E-state index contributed by atoms with van der Waals surface area (Å²) in [6.07, 6.45) is 22.9. The molecule has 0 aliphatic heterocycles. The van der Waals surface area contributed by atoms with Crippen molar-refractivity contribution in [1.82, 2.24) is 26.6 Å². The van der Waals surface area contributed by atoms with E-state index >= 15 is 0 Å². The zero-order valence-corrected chi connectivity index (χ0v) is 44.4. The molecule has 0 radical (unpaired) electrons. The van der Waals surface area contributed by atoms with Crippen molar-refractivity contribution in [3.05, 3.63) is 0 Å². The quantitative estimate of drug-likeness (QED) is 0.0336. The Hall–Kier alpha value is -4.20. The van der Waals surface area contributed by atoms with Crippen LogP contribution in [0.3, 0.4) is 0 Å². The third-order valence-corrected chi connectivity index (χ3v) is 12.7. The summed E-state index contributed by atoms with van der Waals surface area (Å²) in [6, 6.07) is -1.06. The van der Waals surface area contributed by atoms with Crippen molar-refractivity contribution in [2.24, 2.45) is 17.3 Å². The van der Waals surface area contributed by atoms with Crippen molar-refractivity contribution in [3.63, 3.8) is 0 Å². The summed E-state index contributed by atoms with van der Waals surface area (Å²) in [4.78, 5) is 96.4. The zero-order valence-electron chi connectivity index (χ0n) is 44.4. The van der Waals surface area contributed by atoms with Crippen molar-refractivity contribution in [3.8, 4) is 0 Å². The zero-order chi connectivity index (χ0) is 53.1. The van der Waals surface area contributed by atoms with Crippen LogP contribution in [0.15, 0.2) is 0 Å². The molecule has 19 nitrogen and oxygen atoms in total. The number of hydrogen-bond donors (Lipinski definition) is 7. The molecule has 7 N–H and O–H groups in total. The SMILES string of the molecule is CC(C)(C)C(=O)COCCOCCNC(=O)COCCOCCNC(=O)C(CCC(=O)O)NC(=O)CCCNC(=O)C1CCC(CNC(=O)CCCCCCCCCCCCCCCCCCC(=O)O)CC1. The number of rotatable bonds is 47. The highest BCUT2D eigenvalue weighted by Gasteiger charge is 2.27. The van der Waals surface area contributed by atoms with Crippen molar-refractivity contribution in [1.29, 1.82) is 0 Å². The molecule has 0 aromatic carbocycles. The lowest BCUT2D eigenvalue weighted by Crippen LogP contribution is -2.47. The van der Waals surface area contributed by atoms with E-state index in [1.54, 1.807) is 0 Å². The fraction of sp³-hybridized carbons (Fsp3) is 0.849. The average molecular weight is 1030 g/mol. The molecule has 0 saturated heterocycles. The summed E-state index contributed by atoms with van der Waals surface area (Å²) in [5.74, 6) is -2.80. The summed E-state index contributed by atoms with van der Waals surface area (Å²) in [5, 5.41) is 31.8. The standard InChI is InChI=1S/C53H95N5O14/c1-53(2,3)45(59)40-71-37-35-69-33-31-54-48(62)41-72-38-36-70-34-32-56-52(68)44(28-29-50(65)66)58-47(61)22-20-30-55-51(67)43-26-24-42(25-27-43)39-57-46(60)21-18-16-14-12-10-8-6-4-5-7-9-11-13-15-17-19-23-49(63)64/h42-44H,4-41H2,1-3H3,(H,54,62)(H,55,67)(H,56,68)(H,57,60)(H,58,61)(H,63,64)(H,65,66). The van der Waals surface area contributed by atoms with Gasteiger partial charge in [0.25, 0.3) is 0 Å². The van der Waals surface area contributed by atoms with Gasteiger partial charge in [-0.2, -0.15) is 0 Å². The van der Waals surface area contributed by atoms with Crippen LogP contribution in [0, 0.1) is 17.3 Å². The molecule has 5 amide bonds. The third-order valence-electron chi connectivity index (χ3n) is 12.7. The van der Waals surface area contributed by atoms with Gasteiger partial charge in [0.05, 0.1) is 39.6 Å². The van der Waals surface area contributed by atoms with E-state index in [4.69, 9.17) is 24.1 Å². The first-order valence-electron chi connectivity index (χ1n) is 27.2. The van der Waals surface area contributed by atoms with Crippen LogP contribution in [0.1, 0.15) is 188 Å². The lowest BCUT2D eigenvalue weighted by Gasteiger charge is -2.28. The molecule has 0 aromatic heterocycles. The molecule has 1 saturated carbocycles. The second-order valence-corrected chi connectivity index (χ2v) is 20.2. The largest absolute Gasteiger partial charge is 0.481 e. The van der Waals surface area contributed by atoms with Crippen molar-refractivity contribution in [2.75, 3.05) is 79.0 Å². The number of unbranched alkanes of at least 4 members (excludes halogenated alkanes) is 15. The molecule has 1 rings (SSSR count). The monoisotopic (exact) mass is 1030 g/mol. The molecule has 1 aliphatic rings. The van der Waals surface area contributed by atoms with Crippen molar-refractivity contribution in [2.45, 2.75) is 194 Å². The smallest absolute Gasteiger partial charge is 0.303 e. The first-order valence-corrected chi connectivity index (χ1v) is 27.2. The van der Waals surface area contributed by atoms with Gasteiger partial charge in [-0.1, -0.05) is 111 Å². The van der Waals surface area contributed by atoms with Crippen LogP contribution in [0.25, 0.3) is 0 Å². The van der Waals surface area contributed by atoms with E-state index in [9.17, 15) is 43.5 Å². The summed E-state index contributed by atoms with van der Waals surface area (Å²) in [7, 11) is 0. The van der Waals surface area contributed by atoms with E-state index in [0.29, 0.717) is 38.3 Å². The molecule has 0 aromatic rings. The predicted molar refractivity (Wildman–Crippen MR) is 274 cm³/mol. The number of carbonyl (C=O) groups excluding carboxylic acids is 6. The van der Waals surface area contributed by atoms with E-state index in [-0.39, 0.29) is 115 Å². The number of amides is 5. The molecule has 1 fully saturated rings. The number of carbonyl (C=O) groups is 8. The van der Waals surface area contributed by atoms with Crippen LogP contribution < -0.4 is 26.6 Å². The Morgan fingerprint density at radius 1 is 0.472 bits per heavy atom. The normalized spacial score (nSPS) is 15.0. The van der Waals surface area contributed by atoms with Crippen LogP contribution in [0.4, 0.5) is 0 Å². The molecule has 1 atom stereocenters. The maximum Gasteiger partial charge on any atom is 0.303 e. The lowest BCUT2D eigenvalue weighted by molar-refractivity contribution is -0.138. The lowest BCUT2D eigenvalue weighted by atomic mass is 9.81. The highest BCUT2D eigenvalue weighted by atomic mass is 16.5. The van der Waals surface area contributed by atoms with Gasteiger partial charge in [0.15, 0.2) is 5.78 Å². The van der Waals surface area contributed by atoms with Gasteiger partial charge in [0, 0.05) is 63.2 Å². The average Bonchev–Trinajstić information content (AvgIpc) is 3.34. The summed E-state index contributed by atoms with van der Waals surface area (Å²) >= 11 is 0. The van der Waals surface area contributed by atoms with Crippen LogP contribution in [0.5, 0.6) is 0 Å². The highest BCUT2D eigenvalue weighted by Crippen LogP contribution is 2.28. The van der Waals surface area contributed by atoms with E-state index in [1.807, 2.05) is 20.8 Å². The number of aliphatic carboxylic acids is 2. The second-order valence-electron chi connectivity index (χ2n) is 20.2.